The number of hydrogen-bond donors (Lipinski definition) is 1. The molecule has 18 heavy (non-hydrogen) atoms. The Morgan fingerprint density at radius 1 is 1.28 bits per heavy atom. The molecular weight excluding hydrogens is 227 g/mol. The number of nitrogens with one attached hydrogen (secondary N) is 1. The molecule has 0 aromatic heterocycles. The molecule has 0 spiro atoms. The predicted octanol–water partition coefficient (Wildman–Crippen LogP) is 2.81. The van der Waals surface area contributed by atoms with Crippen molar-refractivity contribution in [2.24, 2.45) is 5.92 Å². The zero-order valence-electron chi connectivity index (χ0n) is 12.1. The van der Waals surface area contributed by atoms with Crippen LogP contribution in [0.5, 0.6) is 0 Å². The molecule has 0 radical (unpaired) electrons. The van der Waals surface area contributed by atoms with Crippen molar-refractivity contribution in [1.29, 1.82) is 0 Å². The molecule has 0 fully saturated rings. The summed E-state index contributed by atoms with van der Waals surface area (Å²) in [6.45, 7) is 7.91. The molecule has 1 aromatic rings. The highest BCUT2D eigenvalue weighted by molar-refractivity contribution is 5.23. The smallest absolute Gasteiger partial charge is 0.126 e. The van der Waals surface area contributed by atoms with Crippen molar-refractivity contribution in [3.05, 3.63) is 35.1 Å². The van der Waals surface area contributed by atoms with E-state index in [0.29, 0.717) is 24.1 Å². The van der Waals surface area contributed by atoms with Crippen LogP contribution in [0.2, 0.25) is 0 Å². The van der Waals surface area contributed by atoms with Gasteiger partial charge in [0.1, 0.15) is 5.82 Å². The first kappa shape index (κ1) is 15.1. The minimum atomic E-state index is -0.122. The van der Waals surface area contributed by atoms with Crippen molar-refractivity contribution in [3.63, 3.8) is 0 Å². The fourth-order valence-electron chi connectivity index (χ4n) is 1.90. The van der Waals surface area contributed by atoms with Crippen molar-refractivity contribution in [2.45, 2.75) is 33.4 Å². The first-order valence-corrected chi connectivity index (χ1v) is 6.53. The van der Waals surface area contributed by atoms with Gasteiger partial charge in [-0.25, -0.2) is 4.39 Å². The molecule has 0 amide bonds. The average molecular weight is 252 g/mol. The Kier molecular flexibility index (Phi) is 5.76. The predicted molar refractivity (Wildman–Crippen MR) is 75.2 cm³/mol. The van der Waals surface area contributed by atoms with Gasteiger partial charge in [0.2, 0.25) is 0 Å². The number of nitrogens with zero attached hydrogens (tertiary/aromatic N) is 1. The van der Waals surface area contributed by atoms with E-state index in [1.54, 1.807) is 13.0 Å². The zero-order chi connectivity index (χ0) is 13.7. The largest absolute Gasteiger partial charge is 0.308 e. The summed E-state index contributed by atoms with van der Waals surface area (Å²) in [7, 11) is 4.14. The third kappa shape index (κ3) is 4.75. The summed E-state index contributed by atoms with van der Waals surface area (Å²) in [6.07, 6.45) is 0. The van der Waals surface area contributed by atoms with Crippen molar-refractivity contribution in [1.82, 2.24) is 10.2 Å². The first-order valence-electron chi connectivity index (χ1n) is 6.53. The van der Waals surface area contributed by atoms with E-state index in [2.05, 4.69) is 38.2 Å². The Balaban J connectivity index is 2.58. The topological polar surface area (TPSA) is 15.3 Å². The number of benzene rings is 1. The van der Waals surface area contributed by atoms with Gasteiger partial charge in [-0.2, -0.15) is 0 Å². The Labute approximate surface area is 110 Å². The molecule has 0 bridgehead atoms. The molecule has 1 aromatic carbocycles. The molecule has 1 atom stereocenters. The molecule has 1 rings (SSSR count). The summed E-state index contributed by atoms with van der Waals surface area (Å²) in [5.74, 6) is 0.436. The van der Waals surface area contributed by atoms with Gasteiger partial charge in [-0.15, -0.1) is 0 Å². The van der Waals surface area contributed by atoms with Gasteiger partial charge in [0.15, 0.2) is 0 Å². The molecular formula is C15H25FN2. The molecule has 0 aliphatic heterocycles. The summed E-state index contributed by atoms with van der Waals surface area (Å²) < 4.78 is 13.4. The Morgan fingerprint density at radius 3 is 2.44 bits per heavy atom. The standard InChI is InChI=1S/C15H25FN2/c1-11(2)15(10-18(4)5)17-9-13-7-6-12(3)14(16)8-13/h6-8,11,15,17H,9-10H2,1-5H3. The summed E-state index contributed by atoms with van der Waals surface area (Å²) in [5.41, 5.74) is 1.70. The van der Waals surface area contributed by atoms with E-state index in [9.17, 15) is 4.39 Å². The van der Waals surface area contributed by atoms with E-state index in [0.717, 1.165) is 12.1 Å². The second-order valence-corrected chi connectivity index (χ2v) is 5.58. The highest BCUT2D eigenvalue weighted by atomic mass is 19.1. The maximum Gasteiger partial charge on any atom is 0.126 e. The normalized spacial score (nSPS) is 13.3. The van der Waals surface area contributed by atoms with E-state index in [-0.39, 0.29) is 5.82 Å². The summed E-state index contributed by atoms with van der Waals surface area (Å²) in [6, 6.07) is 5.86. The number of rotatable bonds is 6. The van der Waals surface area contributed by atoms with Crippen molar-refractivity contribution < 1.29 is 4.39 Å². The van der Waals surface area contributed by atoms with Crippen LogP contribution in [-0.2, 0) is 6.54 Å². The van der Waals surface area contributed by atoms with E-state index < -0.39 is 0 Å². The zero-order valence-corrected chi connectivity index (χ0v) is 12.1. The van der Waals surface area contributed by atoms with E-state index in [1.807, 2.05) is 12.1 Å². The molecule has 102 valence electrons. The highest BCUT2D eigenvalue weighted by Crippen LogP contribution is 2.10. The SMILES string of the molecule is Cc1ccc(CNC(CN(C)C)C(C)C)cc1F. The highest BCUT2D eigenvalue weighted by Gasteiger charge is 2.13. The molecule has 3 heteroatoms. The van der Waals surface area contributed by atoms with E-state index >= 15 is 0 Å². The molecule has 0 saturated carbocycles. The molecule has 0 aliphatic carbocycles. The summed E-state index contributed by atoms with van der Waals surface area (Å²) in [5, 5.41) is 3.51. The summed E-state index contributed by atoms with van der Waals surface area (Å²) >= 11 is 0. The minimum absolute atomic E-state index is 0.122. The monoisotopic (exact) mass is 252 g/mol. The molecule has 1 N–H and O–H groups in total. The van der Waals surface area contributed by atoms with Gasteiger partial charge in [0.05, 0.1) is 0 Å². The second-order valence-electron chi connectivity index (χ2n) is 5.58. The van der Waals surface area contributed by atoms with Crippen molar-refractivity contribution in [3.8, 4) is 0 Å². The van der Waals surface area contributed by atoms with Crippen LogP contribution in [0.15, 0.2) is 18.2 Å². The van der Waals surface area contributed by atoms with Crippen molar-refractivity contribution >= 4 is 0 Å². The Hall–Kier alpha value is -0.930. The third-order valence-corrected chi connectivity index (χ3v) is 3.17. The van der Waals surface area contributed by atoms with Gasteiger partial charge >= 0.3 is 0 Å². The van der Waals surface area contributed by atoms with Gasteiger partial charge < -0.3 is 10.2 Å². The fourth-order valence-corrected chi connectivity index (χ4v) is 1.90. The van der Waals surface area contributed by atoms with Gasteiger partial charge in [-0.3, -0.25) is 0 Å². The second kappa shape index (κ2) is 6.86. The first-order chi connectivity index (χ1) is 8.40. The molecule has 2 nitrogen and oxygen atoms in total. The lowest BCUT2D eigenvalue weighted by molar-refractivity contribution is 0.288. The number of hydrogen-bond acceptors (Lipinski definition) is 2. The number of aryl methyl sites for hydroxylation is 1. The van der Waals surface area contributed by atoms with Crippen LogP contribution in [0, 0.1) is 18.7 Å². The summed E-state index contributed by atoms with van der Waals surface area (Å²) in [4.78, 5) is 2.17. The van der Waals surface area contributed by atoms with Gasteiger partial charge in [0.25, 0.3) is 0 Å². The van der Waals surface area contributed by atoms with Crippen LogP contribution < -0.4 is 5.32 Å². The van der Waals surface area contributed by atoms with E-state index in [4.69, 9.17) is 0 Å². The molecule has 0 aliphatic rings. The quantitative estimate of drug-likeness (QED) is 0.837. The third-order valence-electron chi connectivity index (χ3n) is 3.17. The lowest BCUT2D eigenvalue weighted by Gasteiger charge is -2.25. The molecule has 1 unspecified atom stereocenters. The van der Waals surface area contributed by atoms with Crippen LogP contribution in [0.1, 0.15) is 25.0 Å². The lowest BCUT2D eigenvalue weighted by Crippen LogP contribution is -2.41. The maximum atomic E-state index is 13.4. The Bertz CT molecular complexity index is 375. The lowest BCUT2D eigenvalue weighted by atomic mass is 10.0. The van der Waals surface area contributed by atoms with E-state index in [1.165, 1.54) is 0 Å². The Morgan fingerprint density at radius 2 is 1.94 bits per heavy atom. The van der Waals surface area contributed by atoms with Crippen molar-refractivity contribution in [2.75, 3.05) is 20.6 Å². The van der Waals surface area contributed by atoms with Crippen LogP contribution in [0.3, 0.4) is 0 Å². The number of likely N-dealkylation sites (N-methyl/N-ethyl adjacent to an activating group) is 1. The van der Waals surface area contributed by atoms with Crippen LogP contribution in [0.4, 0.5) is 4.39 Å². The fraction of sp³-hybridized carbons (Fsp3) is 0.600. The van der Waals surface area contributed by atoms with Gasteiger partial charge in [-0.05, 0) is 44.1 Å². The number of halogens is 1. The van der Waals surface area contributed by atoms with Crippen LogP contribution >= 0.6 is 0 Å². The minimum Gasteiger partial charge on any atom is -0.308 e. The molecule has 0 heterocycles. The van der Waals surface area contributed by atoms with Gasteiger partial charge in [0, 0.05) is 19.1 Å². The average Bonchev–Trinajstić information content (AvgIpc) is 2.28. The van der Waals surface area contributed by atoms with Crippen LogP contribution in [-0.4, -0.2) is 31.6 Å². The maximum absolute atomic E-state index is 13.4. The molecule has 0 saturated heterocycles. The van der Waals surface area contributed by atoms with Crippen LogP contribution in [0.25, 0.3) is 0 Å². The van der Waals surface area contributed by atoms with Gasteiger partial charge in [-0.1, -0.05) is 26.0 Å².